The lowest BCUT2D eigenvalue weighted by molar-refractivity contribution is -0.384. The van der Waals surface area contributed by atoms with Crippen molar-refractivity contribution in [2.24, 2.45) is 5.92 Å². The molecular weight excluding hydrogens is 280 g/mol. The number of nitro benzene ring substituents is 1. The molecule has 0 aromatic heterocycles. The average molecular weight is 299 g/mol. The number of halogens is 1. The van der Waals surface area contributed by atoms with E-state index in [2.05, 4.69) is 19.2 Å². The van der Waals surface area contributed by atoms with E-state index in [1.165, 1.54) is 6.07 Å². The molecule has 0 aliphatic carbocycles. The van der Waals surface area contributed by atoms with Gasteiger partial charge in [-0.1, -0.05) is 25.4 Å². The van der Waals surface area contributed by atoms with Crippen LogP contribution < -0.4 is 5.32 Å². The Kier molecular flexibility index (Phi) is 4.83. The molecule has 0 bridgehead atoms. The van der Waals surface area contributed by atoms with Gasteiger partial charge in [0.15, 0.2) is 0 Å². The second kappa shape index (κ2) is 6.41. The molecule has 110 valence electrons. The van der Waals surface area contributed by atoms with E-state index in [4.69, 9.17) is 16.3 Å². The Morgan fingerprint density at radius 3 is 2.90 bits per heavy atom. The molecule has 5 nitrogen and oxygen atoms in total. The molecule has 1 fully saturated rings. The van der Waals surface area contributed by atoms with Gasteiger partial charge in [-0.2, -0.15) is 0 Å². The molecule has 2 unspecified atom stereocenters. The Morgan fingerprint density at radius 2 is 2.25 bits per heavy atom. The Bertz CT molecular complexity index is 493. The zero-order valence-corrected chi connectivity index (χ0v) is 12.4. The summed E-state index contributed by atoms with van der Waals surface area (Å²) >= 11 is 5.81. The Balaban J connectivity index is 2.06. The first-order chi connectivity index (χ1) is 9.47. The molecule has 2 atom stereocenters. The highest BCUT2D eigenvalue weighted by atomic mass is 35.5. The molecule has 6 heteroatoms. The first kappa shape index (κ1) is 15.1. The molecule has 1 saturated heterocycles. The van der Waals surface area contributed by atoms with Gasteiger partial charge in [0.1, 0.15) is 5.02 Å². The molecule has 0 radical (unpaired) electrons. The van der Waals surface area contributed by atoms with Crippen LogP contribution in [-0.4, -0.2) is 23.7 Å². The van der Waals surface area contributed by atoms with Gasteiger partial charge < -0.3 is 10.1 Å². The summed E-state index contributed by atoms with van der Waals surface area (Å²) in [7, 11) is 0. The SMILES string of the molecule is CC(C)C1CC(Nc2ccc(Cl)c([N+](=O)[O-])c2)CCO1. The number of nitrogens with one attached hydrogen (secondary N) is 1. The summed E-state index contributed by atoms with van der Waals surface area (Å²) in [6.07, 6.45) is 2.05. The summed E-state index contributed by atoms with van der Waals surface area (Å²) in [6, 6.07) is 5.09. The average Bonchev–Trinajstić information content (AvgIpc) is 2.41. The van der Waals surface area contributed by atoms with Crippen molar-refractivity contribution in [3.8, 4) is 0 Å². The minimum absolute atomic E-state index is 0.0656. The molecule has 1 heterocycles. The lowest BCUT2D eigenvalue weighted by Crippen LogP contribution is -2.36. The Labute approximate surface area is 123 Å². The van der Waals surface area contributed by atoms with Crippen LogP contribution in [0.15, 0.2) is 18.2 Å². The molecule has 1 aliphatic rings. The predicted octanol–water partition coefficient (Wildman–Crippen LogP) is 3.86. The van der Waals surface area contributed by atoms with Crippen LogP contribution in [0.2, 0.25) is 5.02 Å². The van der Waals surface area contributed by atoms with Gasteiger partial charge in [0.05, 0.1) is 11.0 Å². The minimum Gasteiger partial charge on any atom is -0.382 e. The van der Waals surface area contributed by atoms with Crippen LogP contribution in [0.1, 0.15) is 26.7 Å². The number of nitrogens with zero attached hydrogens (tertiary/aromatic N) is 1. The van der Waals surface area contributed by atoms with E-state index in [1.807, 2.05) is 0 Å². The van der Waals surface area contributed by atoms with E-state index in [1.54, 1.807) is 12.1 Å². The van der Waals surface area contributed by atoms with Crippen LogP contribution in [0.4, 0.5) is 11.4 Å². The monoisotopic (exact) mass is 298 g/mol. The van der Waals surface area contributed by atoms with Crippen molar-refractivity contribution in [2.45, 2.75) is 38.8 Å². The van der Waals surface area contributed by atoms with Gasteiger partial charge in [-0.3, -0.25) is 10.1 Å². The van der Waals surface area contributed by atoms with E-state index < -0.39 is 4.92 Å². The Morgan fingerprint density at radius 1 is 1.50 bits per heavy atom. The molecule has 0 amide bonds. The van der Waals surface area contributed by atoms with Gasteiger partial charge in [-0.15, -0.1) is 0 Å². The first-order valence-electron chi connectivity index (χ1n) is 6.79. The molecular formula is C14H19ClN2O3. The fourth-order valence-electron chi connectivity index (χ4n) is 2.40. The van der Waals surface area contributed by atoms with Crippen LogP contribution in [0.3, 0.4) is 0 Å². The van der Waals surface area contributed by atoms with E-state index in [-0.39, 0.29) is 22.9 Å². The third kappa shape index (κ3) is 3.61. The zero-order valence-electron chi connectivity index (χ0n) is 11.6. The van der Waals surface area contributed by atoms with Crippen LogP contribution in [-0.2, 0) is 4.74 Å². The van der Waals surface area contributed by atoms with E-state index in [9.17, 15) is 10.1 Å². The largest absolute Gasteiger partial charge is 0.382 e. The molecule has 0 saturated carbocycles. The maximum atomic E-state index is 10.9. The molecule has 1 N–H and O–H groups in total. The van der Waals surface area contributed by atoms with E-state index in [0.29, 0.717) is 5.92 Å². The predicted molar refractivity (Wildman–Crippen MR) is 79.3 cm³/mol. The minimum atomic E-state index is -0.464. The number of rotatable bonds is 4. The zero-order chi connectivity index (χ0) is 14.7. The van der Waals surface area contributed by atoms with Crippen molar-refractivity contribution in [3.05, 3.63) is 33.3 Å². The van der Waals surface area contributed by atoms with Crippen molar-refractivity contribution in [1.82, 2.24) is 0 Å². The maximum absolute atomic E-state index is 10.9. The molecule has 2 rings (SSSR count). The second-order valence-electron chi connectivity index (χ2n) is 5.44. The van der Waals surface area contributed by atoms with E-state index >= 15 is 0 Å². The highest BCUT2D eigenvalue weighted by Crippen LogP contribution is 2.29. The van der Waals surface area contributed by atoms with Crippen molar-refractivity contribution in [2.75, 3.05) is 11.9 Å². The fraction of sp³-hybridized carbons (Fsp3) is 0.571. The number of benzene rings is 1. The standard InChI is InChI=1S/C14H19ClN2O3/c1-9(2)14-8-11(5-6-20-14)16-10-3-4-12(15)13(7-10)17(18)19/h3-4,7,9,11,14,16H,5-6,8H2,1-2H3. The third-order valence-corrected chi connectivity index (χ3v) is 3.89. The van der Waals surface area contributed by atoms with Crippen molar-refractivity contribution < 1.29 is 9.66 Å². The number of hydrogen-bond donors (Lipinski definition) is 1. The third-order valence-electron chi connectivity index (χ3n) is 3.57. The second-order valence-corrected chi connectivity index (χ2v) is 5.85. The highest BCUT2D eigenvalue weighted by molar-refractivity contribution is 6.32. The van der Waals surface area contributed by atoms with Crippen LogP contribution in [0, 0.1) is 16.0 Å². The molecule has 1 aliphatic heterocycles. The number of hydrogen-bond acceptors (Lipinski definition) is 4. The molecule has 20 heavy (non-hydrogen) atoms. The summed E-state index contributed by atoms with van der Waals surface area (Å²) in [5.41, 5.74) is 0.666. The summed E-state index contributed by atoms with van der Waals surface area (Å²) in [5.74, 6) is 0.471. The molecule has 0 spiro atoms. The van der Waals surface area contributed by atoms with Gasteiger partial charge in [-0.05, 0) is 30.9 Å². The number of ether oxygens (including phenoxy) is 1. The Hall–Kier alpha value is -1.33. The first-order valence-corrected chi connectivity index (χ1v) is 7.17. The number of nitro groups is 1. The van der Waals surface area contributed by atoms with Crippen molar-refractivity contribution in [3.63, 3.8) is 0 Å². The van der Waals surface area contributed by atoms with Crippen molar-refractivity contribution in [1.29, 1.82) is 0 Å². The lowest BCUT2D eigenvalue weighted by atomic mass is 9.95. The van der Waals surface area contributed by atoms with Crippen molar-refractivity contribution >= 4 is 23.0 Å². The van der Waals surface area contributed by atoms with Gasteiger partial charge in [-0.25, -0.2) is 0 Å². The van der Waals surface area contributed by atoms with Crippen LogP contribution in [0.25, 0.3) is 0 Å². The smallest absolute Gasteiger partial charge is 0.289 e. The lowest BCUT2D eigenvalue weighted by Gasteiger charge is -2.32. The molecule has 1 aromatic rings. The summed E-state index contributed by atoms with van der Waals surface area (Å²) in [4.78, 5) is 10.4. The quantitative estimate of drug-likeness (QED) is 0.677. The van der Waals surface area contributed by atoms with Gasteiger partial charge in [0.2, 0.25) is 0 Å². The van der Waals surface area contributed by atoms with Gasteiger partial charge >= 0.3 is 0 Å². The maximum Gasteiger partial charge on any atom is 0.289 e. The van der Waals surface area contributed by atoms with Crippen LogP contribution in [0.5, 0.6) is 0 Å². The summed E-state index contributed by atoms with van der Waals surface area (Å²) in [5, 5.41) is 14.4. The summed E-state index contributed by atoms with van der Waals surface area (Å²) < 4.78 is 5.72. The molecule has 1 aromatic carbocycles. The van der Waals surface area contributed by atoms with Crippen LogP contribution >= 0.6 is 11.6 Å². The number of anilines is 1. The summed E-state index contributed by atoms with van der Waals surface area (Å²) in [6.45, 7) is 5.00. The fourth-order valence-corrected chi connectivity index (χ4v) is 2.59. The van der Waals surface area contributed by atoms with Gasteiger partial charge in [0.25, 0.3) is 5.69 Å². The topological polar surface area (TPSA) is 64.4 Å². The highest BCUT2D eigenvalue weighted by Gasteiger charge is 2.25. The van der Waals surface area contributed by atoms with Gasteiger partial charge in [0, 0.05) is 24.4 Å². The normalized spacial score (nSPS) is 22.8. The van der Waals surface area contributed by atoms with E-state index in [0.717, 1.165) is 25.1 Å².